The molecule has 1 fully saturated rings. The van der Waals surface area contributed by atoms with Crippen molar-refractivity contribution in [3.05, 3.63) is 35.4 Å². The molecular weight excluding hydrogens is 252 g/mol. The summed E-state index contributed by atoms with van der Waals surface area (Å²) in [5.74, 6) is 0.133. The summed E-state index contributed by atoms with van der Waals surface area (Å²) in [7, 11) is 0. The smallest absolute Gasteiger partial charge is 0.237 e. The first kappa shape index (κ1) is 13.6. The lowest BCUT2D eigenvalue weighted by Gasteiger charge is -2.32. The minimum Gasteiger partial charge on any atom is -0.379 e. The number of amides is 1. The molecule has 1 aliphatic carbocycles. The number of hydrogen-bond acceptors (Lipinski definition) is 3. The number of carbonyl (C=O) groups excluding carboxylic acids is 1. The molecule has 2 aliphatic rings. The van der Waals surface area contributed by atoms with Gasteiger partial charge in [-0.05, 0) is 30.9 Å². The summed E-state index contributed by atoms with van der Waals surface area (Å²) in [6.07, 6.45) is 2.08. The van der Waals surface area contributed by atoms with E-state index < -0.39 is 0 Å². The predicted molar refractivity (Wildman–Crippen MR) is 77.5 cm³/mol. The van der Waals surface area contributed by atoms with Crippen LogP contribution >= 0.6 is 0 Å². The molecule has 0 aromatic heterocycles. The largest absolute Gasteiger partial charge is 0.379 e. The van der Waals surface area contributed by atoms with E-state index in [1.165, 1.54) is 11.1 Å². The molecule has 1 aromatic carbocycles. The zero-order chi connectivity index (χ0) is 13.9. The van der Waals surface area contributed by atoms with E-state index in [1.54, 1.807) is 0 Å². The summed E-state index contributed by atoms with van der Waals surface area (Å²) in [6.45, 7) is 5.13. The maximum atomic E-state index is 12.4. The van der Waals surface area contributed by atoms with Crippen molar-refractivity contribution in [1.29, 1.82) is 0 Å². The summed E-state index contributed by atoms with van der Waals surface area (Å²) < 4.78 is 5.34. The summed E-state index contributed by atoms with van der Waals surface area (Å²) in [6, 6.07) is 8.52. The maximum absolute atomic E-state index is 12.4. The lowest BCUT2D eigenvalue weighted by atomic mass is 10.1. The second-order valence-corrected chi connectivity index (χ2v) is 5.62. The van der Waals surface area contributed by atoms with Gasteiger partial charge in [-0.2, -0.15) is 0 Å². The summed E-state index contributed by atoms with van der Waals surface area (Å²) in [5.41, 5.74) is 2.66. The molecule has 1 N–H and O–H groups in total. The molecule has 4 heteroatoms. The van der Waals surface area contributed by atoms with Crippen molar-refractivity contribution in [2.24, 2.45) is 0 Å². The van der Waals surface area contributed by atoms with Gasteiger partial charge in [-0.25, -0.2) is 0 Å². The van der Waals surface area contributed by atoms with Crippen LogP contribution in [0.3, 0.4) is 0 Å². The van der Waals surface area contributed by atoms with Crippen molar-refractivity contribution < 1.29 is 9.53 Å². The molecule has 20 heavy (non-hydrogen) atoms. The van der Waals surface area contributed by atoms with E-state index >= 15 is 0 Å². The van der Waals surface area contributed by atoms with Crippen molar-refractivity contribution in [3.63, 3.8) is 0 Å². The summed E-state index contributed by atoms with van der Waals surface area (Å²) in [5, 5.41) is 3.21. The average molecular weight is 274 g/mol. The van der Waals surface area contributed by atoms with Crippen LogP contribution in [-0.4, -0.2) is 43.2 Å². The van der Waals surface area contributed by atoms with Crippen molar-refractivity contribution in [1.82, 2.24) is 10.2 Å². The highest BCUT2D eigenvalue weighted by molar-refractivity contribution is 5.82. The van der Waals surface area contributed by atoms with E-state index in [2.05, 4.69) is 34.5 Å². The fraction of sp³-hybridized carbons (Fsp3) is 0.562. The van der Waals surface area contributed by atoms with Crippen LogP contribution in [0.1, 0.15) is 30.5 Å². The van der Waals surface area contributed by atoms with Crippen LogP contribution in [0.4, 0.5) is 0 Å². The number of fused-ring (bicyclic) bond motifs is 1. The quantitative estimate of drug-likeness (QED) is 0.908. The Labute approximate surface area is 120 Å². The molecule has 108 valence electrons. The Morgan fingerprint density at radius 3 is 2.90 bits per heavy atom. The molecule has 2 unspecified atom stereocenters. The zero-order valence-corrected chi connectivity index (χ0v) is 12.0. The molecule has 1 aromatic rings. The van der Waals surface area contributed by atoms with Crippen LogP contribution in [0, 0.1) is 0 Å². The fourth-order valence-electron chi connectivity index (χ4n) is 3.13. The monoisotopic (exact) mass is 274 g/mol. The number of benzene rings is 1. The highest BCUT2D eigenvalue weighted by atomic mass is 16.5. The van der Waals surface area contributed by atoms with Crippen LogP contribution < -0.4 is 5.32 Å². The molecule has 0 saturated carbocycles. The number of ether oxygens (including phenoxy) is 1. The standard InChI is InChI=1S/C16H22N2O2/c1-12(18-8-10-20-11-9-18)16(19)17-15-7-6-13-4-2-3-5-14(13)15/h2-5,12,15H,6-11H2,1H3,(H,17,19). The summed E-state index contributed by atoms with van der Waals surface area (Å²) >= 11 is 0. The molecule has 0 radical (unpaired) electrons. The van der Waals surface area contributed by atoms with E-state index in [1.807, 2.05) is 6.92 Å². The van der Waals surface area contributed by atoms with Crippen LogP contribution in [0.2, 0.25) is 0 Å². The third-order valence-electron chi connectivity index (χ3n) is 4.42. The number of carbonyl (C=O) groups is 1. The van der Waals surface area contributed by atoms with Gasteiger partial charge >= 0.3 is 0 Å². The third kappa shape index (κ3) is 2.72. The Kier molecular flexibility index (Phi) is 4.03. The molecule has 1 aliphatic heterocycles. The van der Waals surface area contributed by atoms with E-state index in [0.717, 1.165) is 39.1 Å². The van der Waals surface area contributed by atoms with E-state index in [0.29, 0.717) is 0 Å². The number of aryl methyl sites for hydroxylation is 1. The minimum absolute atomic E-state index is 0.0772. The first-order chi connectivity index (χ1) is 9.75. The van der Waals surface area contributed by atoms with Gasteiger partial charge in [0.2, 0.25) is 5.91 Å². The molecule has 3 rings (SSSR count). The fourth-order valence-corrected chi connectivity index (χ4v) is 3.13. The number of morpholine rings is 1. The maximum Gasteiger partial charge on any atom is 0.237 e. The molecule has 1 heterocycles. The van der Waals surface area contributed by atoms with Gasteiger partial charge in [-0.15, -0.1) is 0 Å². The predicted octanol–water partition coefficient (Wildman–Crippen LogP) is 1.51. The van der Waals surface area contributed by atoms with Crippen LogP contribution in [-0.2, 0) is 16.0 Å². The SMILES string of the molecule is CC(C(=O)NC1CCc2ccccc21)N1CCOCC1. The van der Waals surface area contributed by atoms with Crippen molar-refractivity contribution in [3.8, 4) is 0 Å². The highest BCUT2D eigenvalue weighted by Gasteiger charge is 2.28. The van der Waals surface area contributed by atoms with Crippen LogP contribution in [0.5, 0.6) is 0 Å². The van der Waals surface area contributed by atoms with Gasteiger partial charge in [0.25, 0.3) is 0 Å². The molecule has 2 atom stereocenters. The second-order valence-electron chi connectivity index (χ2n) is 5.62. The molecule has 1 saturated heterocycles. The molecule has 0 spiro atoms. The molecule has 0 bridgehead atoms. The molecule has 1 amide bonds. The number of rotatable bonds is 3. The normalized spacial score (nSPS) is 24.1. The van der Waals surface area contributed by atoms with E-state index in [4.69, 9.17) is 4.74 Å². The second kappa shape index (κ2) is 5.94. The Balaban J connectivity index is 1.62. The Morgan fingerprint density at radius 2 is 2.10 bits per heavy atom. The van der Waals surface area contributed by atoms with Gasteiger partial charge in [0, 0.05) is 13.1 Å². The van der Waals surface area contributed by atoms with Gasteiger partial charge in [-0.3, -0.25) is 9.69 Å². The van der Waals surface area contributed by atoms with Gasteiger partial charge in [0.15, 0.2) is 0 Å². The Morgan fingerprint density at radius 1 is 1.35 bits per heavy atom. The van der Waals surface area contributed by atoms with Crippen molar-refractivity contribution in [2.75, 3.05) is 26.3 Å². The van der Waals surface area contributed by atoms with E-state index in [-0.39, 0.29) is 18.0 Å². The Bertz CT molecular complexity index is 483. The van der Waals surface area contributed by atoms with Gasteiger partial charge < -0.3 is 10.1 Å². The third-order valence-corrected chi connectivity index (χ3v) is 4.42. The Hall–Kier alpha value is -1.39. The number of nitrogens with zero attached hydrogens (tertiary/aromatic N) is 1. The number of nitrogens with one attached hydrogen (secondary N) is 1. The average Bonchev–Trinajstić information content (AvgIpc) is 2.91. The zero-order valence-electron chi connectivity index (χ0n) is 12.0. The molecule has 4 nitrogen and oxygen atoms in total. The first-order valence-corrected chi connectivity index (χ1v) is 7.45. The van der Waals surface area contributed by atoms with Crippen molar-refractivity contribution >= 4 is 5.91 Å². The molecular formula is C16H22N2O2. The van der Waals surface area contributed by atoms with Crippen LogP contribution in [0.25, 0.3) is 0 Å². The first-order valence-electron chi connectivity index (χ1n) is 7.45. The number of hydrogen-bond donors (Lipinski definition) is 1. The lowest BCUT2D eigenvalue weighted by molar-refractivity contribution is -0.128. The summed E-state index contributed by atoms with van der Waals surface area (Å²) in [4.78, 5) is 14.6. The van der Waals surface area contributed by atoms with E-state index in [9.17, 15) is 4.79 Å². The van der Waals surface area contributed by atoms with Gasteiger partial charge in [-0.1, -0.05) is 24.3 Å². The lowest BCUT2D eigenvalue weighted by Crippen LogP contribution is -2.50. The topological polar surface area (TPSA) is 41.6 Å². The highest BCUT2D eigenvalue weighted by Crippen LogP contribution is 2.30. The minimum atomic E-state index is -0.0772. The van der Waals surface area contributed by atoms with Crippen molar-refractivity contribution in [2.45, 2.75) is 31.8 Å². The van der Waals surface area contributed by atoms with Gasteiger partial charge in [0.1, 0.15) is 0 Å². The van der Waals surface area contributed by atoms with Gasteiger partial charge in [0.05, 0.1) is 25.3 Å². The van der Waals surface area contributed by atoms with Crippen LogP contribution in [0.15, 0.2) is 24.3 Å².